The molecule has 0 fully saturated rings. The third kappa shape index (κ3) is 2.41. The second-order valence-corrected chi connectivity index (χ2v) is 6.83. The standard InChI is InChI=1S/C17H18N2O2S/c1-10-9-15(22-11(10)2)17(21)19-8-4-6-12-13(16(18)20)5-3-7-14(12)19/h3,5,7,9H,4,6,8H2,1-2H3,(H2,18,20). The van der Waals surface area contributed by atoms with E-state index in [0.29, 0.717) is 12.1 Å². The Bertz CT molecular complexity index is 745. The van der Waals surface area contributed by atoms with E-state index in [2.05, 4.69) is 0 Å². The average Bonchev–Trinajstić information content (AvgIpc) is 2.84. The van der Waals surface area contributed by atoms with Gasteiger partial charge in [0.05, 0.1) is 4.88 Å². The number of anilines is 1. The Morgan fingerprint density at radius 2 is 2.05 bits per heavy atom. The summed E-state index contributed by atoms with van der Waals surface area (Å²) in [7, 11) is 0. The Morgan fingerprint density at radius 1 is 1.27 bits per heavy atom. The van der Waals surface area contributed by atoms with Crippen LogP contribution in [0.4, 0.5) is 5.69 Å². The smallest absolute Gasteiger partial charge is 0.268 e. The van der Waals surface area contributed by atoms with E-state index >= 15 is 0 Å². The number of aryl methyl sites for hydroxylation is 2. The molecule has 5 heteroatoms. The first-order chi connectivity index (χ1) is 10.5. The van der Waals surface area contributed by atoms with E-state index in [4.69, 9.17) is 5.73 Å². The number of nitrogens with two attached hydrogens (primary N) is 1. The summed E-state index contributed by atoms with van der Waals surface area (Å²) in [6.07, 6.45) is 1.62. The van der Waals surface area contributed by atoms with Gasteiger partial charge in [-0.05, 0) is 56.0 Å². The molecule has 0 aliphatic carbocycles. The molecule has 2 amide bonds. The number of nitrogens with zero attached hydrogens (tertiary/aromatic N) is 1. The van der Waals surface area contributed by atoms with E-state index in [-0.39, 0.29) is 5.91 Å². The van der Waals surface area contributed by atoms with Crippen molar-refractivity contribution in [1.29, 1.82) is 0 Å². The summed E-state index contributed by atoms with van der Waals surface area (Å²) >= 11 is 1.52. The molecule has 1 aromatic heterocycles. The fourth-order valence-corrected chi connectivity index (χ4v) is 3.86. The van der Waals surface area contributed by atoms with Crippen LogP contribution < -0.4 is 10.6 Å². The lowest BCUT2D eigenvalue weighted by Crippen LogP contribution is -2.36. The Hall–Kier alpha value is -2.14. The second kappa shape index (κ2) is 5.57. The molecule has 2 heterocycles. The zero-order chi connectivity index (χ0) is 15.9. The summed E-state index contributed by atoms with van der Waals surface area (Å²) in [5.41, 5.74) is 8.82. The lowest BCUT2D eigenvalue weighted by atomic mass is 9.95. The summed E-state index contributed by atoms with van der Waals surface area (Å²) in [5, 5.41) is 0. The maximum absolute atomic E-state index is 12.8. The van der Waals surface area contributed by atoms with Crippen LogP contribution in [0.2, 0.25) is 0 Å². The number of thiophene rings is 1. The van der Waals surface area contributed by atoms with Gasteiger partial charge in [0.15, 0.2) is 0 Å². The monoisotopic (exact) mass is 314 g/mol. The summed E-state index contributed by atoms with van der Waals surface area (Å²) < 4.78 is 0. The predicted octanol–water partition coefficient (Wildman–Crippen LogP) is 3.06. The number of rotatable bonds is 2. The Labute approximate surface area is 133 Å². The van der Waals surface area contributed by atoms with Crippen LogP contribution in [0, 0.1) is 13.8 Å². The fraction of sp³-hybridized carbons (Fsp3) is 0.294. The lowest BCUT2D eigenvalue weighted by molar-refractivity contribution is 0.0980. The number of amides is 2. The molecular weight excluding hydrogens is 296 g/mol. The van der Waals surface area contributed by atoms with E-state index in [1.165, 1.54) is 11.3 Å². The average molecular weight is 314 g/mol. The highest BCUT2D eigenvalue weighted by atomic mass is 32.1. The van der Waals surface area contributed by atoms with Gasteiger partial charge in [0, 0.05) is 22.7 Å². The molecule has 0 atom stereocenters. The van der Waals surface area contributed by atoms with Crippen LogP contribution in [0.15, 0.2) is 24.3 Å². The van der Waals surface area contributed by atoms with Crippen molar-refractivity contribution in [2.45, 2.75) is 26.7 Å². The van der Waals surface area contributed by atoms with Gasteiger partial charge in [0.2, 0.25) is 5.91 Å². The lowest BCUT2D eigenvalue weighted by Gasteiger charge is -2.30. The normalized spacial score (nSPS) is 13.8. The van der Waals surface area contributed by atoms with Gasteiger partial charge >= 0.3 is 0 Å². The van der Waals surface area contributed by atoms with Gasteiger partial charge in [-0.1, -0.05) is 6.07 Å². The zero-order valence-electron chi connectivity index (χ0n) is 12.7. The Kier molecular flexibility index (Phi) is 3.74. The largest absolute Gasteiger partial charge is 0.366 e. The highest BCUT2D eigenvalue weighted by Crippen LogP contribution is 2.32. The molecule has 1 aliphatic heterocycles. The van der Waals surface area contributed by atoms with Crippen molar-refractivity contribution in [1.82, 2.24) is 0 Å². The van der Waals surface area contributed by atoms with Crippen LogP contribution in [-0.2, 0) is 6.42 Å². The van der Waals surface area contributed by atoms with Crippen molar-refractivity contribution in [3.8, 4) is 0 Å². The number of benzene rings is 1. The van der Waals surface area contributed by atoms with E-state index < -0.39 is 5.91 Å². The number of hydrogen-bond donors (Lipinski definition) is 1. The van der Waals surface area contributed by atoms with Crippen molar-refractivity contribution in [2.24, 2.45) is 5.73 Å². The van der Waals surface area contributed by atoms with Gasteiger partial charge in [-0.25, -0.2) is 0 Å². The second-order valence-electron chi connectivity index (χ2n) is 5.58. The molecule has 1 aliphatic rings. The number of carbonyl (C=O) groups excluding carboxylic acids is 2. The first kappa shape index (κ1) is 14.8. The third-order valence-corrected chi connectivity index (χ3v) is 5.28. The number of carbonyl (C=O) groups is 2. The van der Waals surface area contributed by atoms with Gasteiger partial charge in [-0.2, -0.15) is 0 Å². The van der Waals surface area contributed by atoms with Gasteiger partial charge in [-0.3, -0.25) is 9.59 Å². The summed E-state index contributed by atoms with van der Waals surface area (Å²) in [4.78, 5) is 28.1. The number of hydrogen-bond acceptors (Lipinski definition) is 3. The Balaban J connectivity index is 2.03. The van der Waals surface area contributed by atoms with E-state index in [1.54, 1.807) is 17.0 Å². The summed E-state index contributed by atoms with van der Waals surface area (Å²) in [6.45, 7) is 4.70. The molecule has 22 heavy (non-hydrogen) atoms. The molecule has 2 aromatic rings. The molecule has 4 nitrogen and oxygen atoms in total. The molecule has 114 valence electrons. The van der Waals surface area contributed by atoms with Crippen molar-refractivity contribution < 1.29 is 9.59 Å². The van der Waals surface area contributed by atoms with Crippen LogP contribution in [0.1, 0.15) is 42.5 Å². The topological polar surface area (TPSA) is 63.4 Å². The summed E-state index contributed by atoms with van der Waals surface area (Å²) in [6, 6.07) is 7.35. The molecule has 0 saturated carbocycles. The molecule has 1 aromatic carbocycles. The quantitative estimate of drug-likeness (QED) is 0.926. The maximum Gasteiger partial charge on any atom is 0.268 e. The van der Waals surface area contributed by atoms with Crippen LogP contribution in [0.3, 0.4) is 0 Å². The van der Waals surface area contributed by atoms with Crippen molar-refractivity contribution >= 4 is 28.8 Å². The molecule has 0 radical (unpaired) electrons. The molecule has 0 unspecified atom stereocenters. The first-order valence-corrected chi connectivity index (χ1v) is 8.11. The first-order valence-electron chi connectivity index (χ1n) is 7.29. The minimum Gasteiger partial charge on any atom is -0.366 e. The highest BCUT2D eigenvalue weighted by Gasteiger charge is 2.27. The van der Waals surface area contributed by atoms with Crippen LogP contribution >= 0.6 is 11.3 Å². The molecular formula is C17H18N2O2S. The summed E-state index contributed by atoms with van der Waals surface area (Å²) in [5.74, 6) is -0.433. The minimum atomic E-state index is -0.436. The van der Waals surface area contributed by atoms with Gasteiger partial charge in [-0.15, -0.1) is 11.3 Å². The Morgan fingerprint density at radius 3 is 2.68 bits per heavy atom. The number of fused-ring (bicyclic) bond motifs is 1. The molecule has 0 saturated heterocycles. The van der Waals surface area contributed by atoms with E-state index in [0.717, 1.165) is 39.4 Å². The molecule has 2 N–H and O–H groups in total. The van der Waals surface area contributed by atoms with Crippen LogP contribution in [0.25, 0.3) is 0 Å². The van der Waals surface area contributed by atoms with Crippen LogP contribution in [0.5, 0.6) is 0 Å². The van der Waals surface area contributed by atoms with Gasteiger partial charge in [0.25, 0.3) is 5.91 Å². The SMILES string of the molecule is Cc1cc(C(=O)N2CCCc3c(C(N)=O)cccc32)sc1C. The van der Waals surface area contributed by atoms with Crippen LogP contribution in [-0.4, -0.2) is 18.4 Å². The maximum atomic E-state index is 12.8. The van der Waals surface area contributed by atoms with E-state index in [1.807, 2.05) is 26.0 Å². The number of primary amides is 1. The van der Waals surface area contributed by atoms with Crippen molar-refractivity contribution in [3.63, 3.8) is 0 Å². The third-order valence-electron chi connectivity index (χ3n) is 4.14. The molecule has 0 bridgehead atoms. The highest BCUT2D eigenvalue weighted by molar-refractivity contribution is 7.14. The molecule has 0 spiro atoms. The fourth-order valence-electron chi connectivity index (χ4n) is 2.88. The van der Waals surface area contributed by atoms with Gasteiger partial charge < -0.3 is 10.6 Å². The molecule has 3 rings (SSSR count). The van der Waals surface area contributed by atoms with Crippen molar-refractivity contribution in [3.05, 3.63) is 50.7 Å². The van der Waals surface area contributed by atoms with E-state index in [9.17, 15) is 9.59 Å². The zero-order valence-corrected chi connectivity index (χ0v) is 13.5. The predicted molar refractivity (Wildman–Crippen MR) is 88.8 cm³/mol. The van der Waals surface area contributed by atoms with Gasteiger partial charge in [0.1, 0.15) is 0 Å². The van der Waals surface area contributed by atoms with Crippen molar-refractivity contribution in [2.75, 3.05) is 11.4 Å². The minimum absolute atomic E-state index is 0.00349.